The molecule has 0 aromatic heterocycles. The van der Waals surface area contributed by atoms with Crippen LogP contribution in [-0.4, -0.2) is 59.5 Å². The highest BCUT2D eigenvalue weighted by Crippen LogP contribution is 2.39. The number of amides is 2. The van der Waals surface area contributed by atoms with Gasteiger partial charge in [0, 0.05) is 42.7 Å². The maximum absolute atomic E-state index is 13.5. The highest BCUT2D eigenvalue weighted by atomic mass is 19.4. The number of carbonyl (C=O) groups is 1. The van der Waals surface area contributed by atoms with E-state index in [4.69, 9.17) is 5.41 Å². The zero-order valence-electron chi connectivity index (χ0n) is 22.4. The van der Waals surface area contributed by atoms with Crippen LogP contribution in [0.15, 0.2) is 105 Å². The molecule has 9 nitrogen and oxygen atoms in total. The predicted molar refractivity (Wildman–Crippen MR) is 152 cm³/mol. The first-order valence-electron chi connectivity index (χ1n) is 12.9. The van der Waals surface area contributed by atoms with E-state index in [1.807, 2.05) is 42.2 Å². The maximum Gasteiger partial charge on any atom is 0.407 e. The van der Waals surface area contributed by atoms with E-state index in [9.17, 15) is 23.2 Å². The summed E-state index contributed by atoms with van der Waals surface area (Å²) in [7, 11) is 0. The van der Waals surface area contributed by atoms with Crippen molar-refractivity contribution in [3.8, 4) is 6.07 Å². The van der Waals surface area contributed by atoms with Crippen LogP contribution in [0.1, 0.15) is 19.8 Å². The molecule has 1 atom stereocenters. The van der Waals surface area contributed by atoms with Gasteiger partial charge < -0.3 is 16.0 Å². The van der Waals surface area contributed by atoms with E-state index in [2.05, 4.69) is 33.3 Å². The number of nitrogens with one attached hydrogen (secondary N) is 3. The van der Waals surface area contributed by atoms with Crippen LogP contribution in [0, 0.1) is 22.7 Å². The molecule has 0 spiro atoms. The molecular weight excluding hydrogens is 533 g/mol. The Morgan fingerprint density at radius 1 is 1.34 bits per heavy atom. The third kappa shape index (κ3) is 7.60. The Hall–Kier alpha value is -4.92. The summed E-state index contributed by atoms with van der Waals surface area (Å²) >= 11 is 0. The van der Waals surface area contributed by atoms with E-state index in [0.717, 1.165) is 24.0 Å². The highest BCUT2D eigenvalue weighted by Gasteiger charge is 2.39. The average Bonchev–Trinajstić information content (AvgIpc) is 3.79. The van der Waals surface area contributed by atoms with Crippen molar-refractivity contribution < 1.29 is 18.0 Å². The summed E-state index contributed by atoms with van der Waals surface area (Å²) in [5.41, 5.74) is 3.04. The Labute approximate surface area is 236 Å². The number of rotatable bonds is 8. The Bertz CT molecular complexity index is 1440. The molecule has 1 unspecified atom stereocenters. The van der Waals surface area contributed by atoms with Crippen LogP contribution in [0.2, 0.25) is 0 Å². The number of allylic oxidation sites excluding steroid dienone is 8. The summed E-state index contributed by atoms with van der Waals surface area (Å²) in [4.78, 5) is 24.6. The molecule has 12 heteroatoms. The molecule has 212 valence electrons. The van der Waals surface area contributed by atoms with E-state index in [1.165, 1.54) is 17.1 Å². The lowest BCUT2D eigenvalue weighted by Gasteiger charge is -2.40. The molecular formula is C29H29F3N8O. The second kappa shape index (κ2) is 12.5. The number of urea groups is 1. The van der Waals surface area contributed by atoms with Gasteiger partial charge in [-0.1, -0.05) is 36.5 Å². The van der Waals surface area contributed by atoms with Gasteiger partial charge in [-0.05, 0) is 49.6 Å². The van der Waals surface area contributed by atoms with Gasteiger partial charge in [-0.3, -0.25) is 9.89 Å². The first kappa shape index (κ1) is 29.1. The highest BCUT2D eigenvalue weighted by molar-refractivity contribution is 6.35. The van der Waals surface area contributed by atoms with Crippen LogP contribution in [0.3, 0.4) is 0 Å². The Kier molecular flexibility index (Phi) is 8.87. The summed E-state index contributed by atoms with van der Waals surface area (Å²) in [6.45, 7) is 5.13. The number of carbonyl (C=O) groups excluding carboxylic acids is 1. The number of dihydropyridines is 1. The number of guanidine groups is 1. The van der Waals surface area contributed by atoms with Crippen LogP contribution >= 0.6 is 0 Å². The fourth-order valence-corrected chi connectivity index (χ4v) is 4.34. The second-order valence-corrected chi connectivity index (χ2v) is 9.54. The number of nitrogens with zero attached hydrogens (tertiary/aromatic N) is 5. The lowest BCUT2D eigenvalue weighted by atomic mass is 10.0. The summed E-state index contributed by atoms with van der Waals surface area (Å²) < 4.78 is 38.2. The van der Waals surface area contributed by atoms with Crippen molar-refractivity contribution in [2.24, 2.45) is 15.9 Å². The molecule has 2 amide bonds. The molecule has 0 aromatic carbocycles. The summed E-state index contributed by atoms with van der Waals surface area (Å²) in [6, 6.07) is 1.63. The van der Waals surface area contributed by atoms with E-state index in [0.29, 0.717) is 36.4 Å². The van der Waals surface area contributed by atoms with Gasteiger partial charge in [-0.15, -0.1) is 0 Å². The number of hydrogen-bond acceptors (Lipinski definition) is 7. The minimum Gasteiger partial charge on any atom is -0.386 e. The first-order chi connectivity index (χ1) is 19.6. The van der Waals surface area contributed by atoms with Crippen LogP contribution in [0.5, 0.6) is 0 Å². The van der Waals surface area contributed by atoms with Gasteiger partial charge in [0.1, 0.15) is 12.4 Å². The Balaban J connectivity index is 1.77. The Morgan fingerprint density at radius 2 is 2.12 bits per heavy atom. The lowest BCUT2D eigenvalue weighted by Crippen LogP contribution is -2.52. The molecule has 1 fully saturated rings. The molecule has 2 heterocycles. The lowest BCUT2D eigenvalue weighted by molar-refractivity contribution is -0.118. The van der Waals surface area contributed by atoms with Gasteiger partial charge >= 0.3 is 12.2 Å². The van der Waals surface area contributed by atoms with Gasteiger partial charge in [0.25, 0.3) is 0 Å². The van der Waals surface area contributed by atoms with Crippen molar-refractivity contribution in [3.05, 3.63) is 95.3 Å². The molecule has 0 radical (unpaired) electrons. The largest absolute Gasteiger partial charge is 0.407 e. The second-order valence-electron chi connectivity index (χ2n) is 9.54. The Morgan fingerprint density at radius 3 is 2.73 bits per heavy atom. The monoisotopic (exact) mass is 562 g/mol. The maximum atomic E-state index is 13.5. The van der Waals surface area contributed by atoms with E-state index in [-0.39, 0.29) is 23.3 Å². The number of alkyl halides is 3. The SMILES string of the molecule is C=C/C(=C\C(C=N)=N/CC(F)(F)F)NC1=NC(=O)N(C2=CNCC=C2)C(=C2CC2)N1CC1C=C(C)C=CC(C#N)=C1. The zero-order chi connectivity index (χ0) is 29.6. The van der Waals surface area contributed by atoms with Gasteiger partial charge in [0.2, 0.25) is 5.96 Å². The first-order valence-corrected chi connectivity index (χ1v) is 12.9. The minimum atomic E-state index is -4.53. The zero-order valence-corrected chi connectivity index (χ0v) is 22.4. The van der Waals surface area contributed by atoms with E-state index in [1.54, 1.807) is 12.3 Å². The summed E-state index contributed by atoms with van der Waals surface area (Å²) in [5.74, 6) is 0.519. The number of hydrogen-bond donors (Lipinski definition) is 3. The number of aliphatic imine (C=N–C) groups is 2. The summed E-state index contributed by atoms with van der Waals surface area (Å²) in [5, 5.41) is 23.2. The van der Waals surface area contributed by atoms with Gasteiger partial charge in [-0.2, -0.15) is 23.4 Å². The molecule has 2 aliphatic heterocycles. The number of halogens is 3. The summed E-state index contributed by atoms with van der Waals surface area (Å²) in [6.07, 6.45) is 13.2. The standard InChI is InChI=1S/C29H29F3N8O/c1-3-23(13-24(15-34)36-18-29(30,31)32)37-27-38-28(41)40(25-5-4-10-35-16-25)26(22-8-9-22)39(27)17-21-11-19(2)6-7-20(12-21)14-33/h3-7,11-13,15-16,21,34-35H,1,8-10,17-18H2,2H3,(H,37,38,41)/b23-13+,34-15?,36-24+. The number of nitriles is 1. The predicted octanol–water partition coefficient (Wildman–Crippen LogP) is 4.98. The van der Waals surface area contributed by atoms with Crippen molar-refractivity contribution in [2.75, 3.05) is 19.6 Å². The van der Waals surface area contributed by atoms with Crippen LogP contribution in [0.4, 0.5) is 18.0 Å². The molecule has 41 heavy (non-hydrogen) atoms. The molecule has 0 bridgehead atoms. The third-order valence-electron chi connectivity index (χ3n) is 6.25. The smallest absolute Gasteiger partial charge is 0.386 e. The van der Waals surface area contributed by atoms with Gasteiger partial charge in [-0.25, -0.2) is 9.69 Å². The quantitative estimate of drug-likeness (QED) is 0.285. The molecule has 1 saturated carbocycles. The van der Waals surface area contributed by atoms with Crippen molar-refractivity contribution in [1.29, 1.82) is 10.7 Å². The molecule has 0 saturated heterocycles. The third-order valence-corrected chi connectivity index (χ3v) is 6.25. The topological polar surface area (TPSA) is 120 Å². The molecule has 2 aliphatic carbocycles. The van der Waals surface area contributed by atoms with Crippen molar-refractivity contribution in [2.45, 2.75) is 25.9 Å². The van der Waals surface area contributed by atoms with Crippen LogP contribution < -0.4 is 10.6 Å². The van der Waals surface area contributed by atoms with Gasteiger partial charge in [0.15, 0.2) is 0 Å². The van der Waals surface area contributed by atoms with Crippen molar-refractivity contribution >= 4 is 23.9 Å². The molecule has 4 rings (SSSR count). The van der Waals surface area contributed by atoms with Crippen LogP contribution in [0.25, 0.3) is 0 Å². The molecule has 4 aliphatic rings. The van der Waals surface area contributed by atoms with E-state index >= 15 is 0 Å². The fourth-order valence-electron chi connectivity index (χ4n) is 4.34. The minimum absolute atomic E-state index is 0.135. The van der Waals surface area contributed by atoms with Gasteiger partial charge in [0.05, 0.1) is 17.5 Å². The molecule has 0 aromatic rings. The normalized spacial score (nSPS) is 21.2. The fraction of sp³-hybridized carbons (Fsp3) is 0.276. The van der Waals surface area contributed by atoms with Crippen molar-refractivity contribution in [3.63, 3.8) is 0 Å². The van der Waals surface area contributed by atoms with Crippen molar-refractivity contribution in [1.82, 2.24) is 20.4 Å². The molecule has 3 N–H and O–H groups in total. The van der Waals surface area contributed by atoms with E-state index < -0.39 is 18.8 Å². The van der Waals surface area contributed by atoms with Crippen LogP contribution in [-0.2, 0) is 0 Å². The average molecular weight is 563 g/mol.